The van der Waals surface area contributed by atoms with Crippen molar-refractivity contribution in [2.45, 2.75) is 24.9 Å². The minimum absolute atomic E-state index is 0.00589. The summed E-state index contributed by atoms with van der Waals surface area (Å²) < 4.78 is 29.5. The van der Waals surface area contributed by atoms with Crippen molar-refractivity contribution in [3.8, 4) is 0 Å². The van der Waals surface area contributed by atoms with Crippen LogP contribution in [-0.2, 0) is 11.3 Å². The maximum atomic E-state index is 14.4. The van der Waals surface area contributed by atoms with Gasteiger partial charge in [0.05, 0.1) is 18.4 Å². The number of hydrogen-bond acceptors (Lipinski definition) is 5. The van der Waals surface area contributed by atoms with E-state index in [1.165, 1.54) is 17.2 Å². The number of anilines is 1. The number of carbonyl (C=O) groups is 2. The van der Waals surface area contributed by atoms with Gasteiger partial charge in [0.25, 0.3) is 11.8 Å². The van der Waals surface area contributed by atoms with E-state index < -0.39 is 29.3 Å². The summed E-state index contributed by atoms with van der Waals surface area (Å²) in [7, 11) is 1.57. The normalized spacial score (nSPS) is 21.8. The average Bonchev–Trinajstić information content (AvgIpc) is 3.48. The number of carbonyl (C=O) groups excluding carboxylic acids is 2. The van der Waals surface area contributed by atoms with Crippen LogP contribution in [0, 0.1) is 17.6 Å². The van der Waals surface area contributed by atoms with Crippen LogP contribution < -0.4 is 10.2 Å². The minimum Gasteiger partial charge on any atom is -0.338 e. The first-order valence-corrected chi connectivity index (χ1v) is 9.79. The topological polar surface area (TPSA) is 93.0 Å². The van der Waals surface area contributed by atoms with E-state index in [4.69, 9.17) is 0 Å². The lowest BCUT2D eigenvalue weighted by molar-refractivity contribution is -0.120. The van der Waals surface area contributed by atoms with E-state index in [0.717, 1.165) is 16.6 Å². The number of nitrogens with zero attached hydrogens (tertiary/aromatic N) is 5. The standard InChI is InChI=1S/C21H18F2N6O2/c1-28-19-16(24-6-7-25-19)12-8-13(12)17(21(28)31)26-20(30)18-15(23)10-29(27-18)9-11-4-2-3-5-14(11)22/h2-7,10,12-13,17H,8-9H2,1H3,(H,26,30)/t12-,13?,17?/m1/s1. The van der Waals surface area contributed by atoms with Crippen LogP contribution in [0.1, 0.15) is 34.1 Å². The third-order valence-corrected chi connectivity index (χ3v) is 5.75. The first-order chi connectivity index (χ1) is 14.9. The third kappa shape index (κ3) is 3.33. The number of hydrogen-bond donors (Lipinski definition) is 1. The molecule has 1 aromatic carbocycles. The van der Waals surface area contributed by atoms with Gasteiger partial charge in [-0.3, -0.25) is 24.2 Å². The number of halogens is 2. The van der Waals surface area contributed by atoms with Crippen molar-refractivity contribution in [1.29, 1.82) is 0 Å². The summed E-state index contributed by atoms with van der Waals surface area (Å²) >= 11 is 0. The molecule has 2 aromatic heterocycles. The van der Waals surface area contributed by atoms with E-state index in [1.807, 2.05) is 0 Å². The lowest BCUT2D eigenvalue weighted by Gasteiger charge is -2.22. The Balaban J connectivity index is 1.36. The molecule has 3 aromatic rings. The van der Waals surface area contributed by atoms with Gasteiger partial charge in [0.1, 0.15) is 11.9 Å². The Kier molecular flexibility index (Phi) is 4.49. The zero-order chi connectivity index (χ0) is 21.7. The van der Waals surface area contributed by atoms with Crippen molar-refractivity contribution in [3.05, 3.63) is 71.4 Å². The molecule has 2 amide bonds. The molecule has 1 fully saturated rings. The molecule has 2 aliphatic rings. The number of fused-ring (bicyclic) bond motifs is 3. The second-order valence-electron chi connectivity index (χ2n) is 7.73. The molecule has 0 saturated heterocycles. The molecule has 8 nitrogen and oxygen atoms in total. The summed E-state index contributed by atoms with van der Waals surface area (Å²) in [5.41, 5.74) is 0.596. The van der Waals surface area contributed by atoms with Crippen molar-refractivity contribution in [2.75, 3.05) is 11.9 Å². The Morgan fingerprint density at radius 2 is 1.97 bits per heavy atom. The van der Waals surface area contributed by atoms with Gasteiger partial charge in [0.15, 0.2) is 17.3 Å². The highest BCUT2D eigenvalue weighted by atomic mass is 19.1. The molecule has 0 spiro atoms. The Bertz CT molecular complexity index is 1200. The Morgan fingerprint density at radius 1 is 1.19 bits per heavy atom. The number of benzene rings is 1. The molecular weight excluding hydrogens is 406 g/mol. The predicted octanol–water partition coefficient (Wildman–Crippen LogP) is 1.88. The van der Waals surface area contributed by atoms with Crippen LogP contribution in [0.3, 0.4) is 0 Å². The van der Waals surface area contributed by atoms with E-state index in [-0.39, 0.29) is 24.3 Å². The third-order valence-electron chi connectivity index (χ3n) is 5.75. The molecule has 3 heterocycles. The highest BCUT2D eigenvalue weighted by Crippen LogP contribution is 2.53. The van der Waals surface area contributed by atoms with E-state index in [2.05, 4.69) is 20.4 Å². The Hall–Kier alpha value is -3.69. The van der Waals surface area contributed by atoms with Crippen molar-refractivity contribution in [1.82, 2.24) is 25.1 Å². The summed E-state index contributed by atoms with van der Waals surface area (Å²) in [4.78, 5) is 35.7. The van der Waals surface area contributed by atoms with Crippen LogP contribution in [0.4, 0.5) is 14.6 Å². The van der Waals surface area contributed by atoms with Gasteiger partial charge in [0, 0.05) is 30.9 Å². The molecular formula is C21H18F2N6O2. The minimum atomic E-state index is -0.845. The monoisotopic (exact) mass is 424 g/mol. The van der Waals surface area contributed by atoms with Crippen LogP contribution in [0.25, 0.3) is 0 Å². The SMILES string of the molecule is CN1C(=O)C(NC(=O)c2nn(Cc3ccccc3F)cc2F)C2C[C@H]2c2nccnc21. The van der Waals surface area contributed by atoms with Crippen molar-refractivity contribution >= 4 is 17.6 Å². The fraction of sp³-hybridized carbons (Fsp3) is 0.286. The lowest BCUT2D eigenvalue weighted by atomic mass is 10.1. The predicted molar refractivity (Wildman–Crippen MR) is 105 cm³/mol. The molecule has 0 bridgehead atoms. The van der Waals surface area contributed by atoms with Gasteiger partial charge in [-0.25, -0.2) is 13.8 Å². The van der Waals surface area contributed by atoms with Crippen LogP contribution >= 0.6 is 0 Å². The Labute approximate surface area is 175 Å². The lowest BCUT2D eigenvalue weighted by Crippen LogP contribution is -2.48. The first kappa shape index (κ1) is 19.3. The van der Waals surface area contributed by atoms with E-state index >= 15 is 0 Å². The second kappa shape index (κ2) is 7.22. The number of amides is 2. The smallest absolute Gasteiger partial charge is 0.275 e. The van der Waals surface area contributed by atoms with Gasteiger partial charge in [-0.1, -0.05) is 18.2 Å². The number of likely N-dealkylation sites (N-methyl/N-ethyl adjacent to an activating group) is 1. The first-order valence-electron chi connectivity index (χ1n) is 9.79. The molecule has 0 radical (unpaired) electrons. The van der Waals surface area contributed by atoms with Crippen LogP contribution in [-0.4, -0.2) is 44.7 Å². The van der Waals surface area contributed by atoms with Crippen LogP contribution in [0.5, 0.6) is 0 Å². The van der Waals surface area contributed by atoms with Gasteiger partial charge in [-0.15, -0.1) is 0 Å². The zero-order valence-electron chi connectivity index (χ0n) is 16.5. The average molecular weight is 424 g/mol. The molecule has 1 N–H and O–H groups in total. The van der Waals surface area contributed by atoms with Gasteiger partial charge >= 0.3 is 0 Å². The zero-order valence-corrected chi connectivity index (χ0v) is 16.5. The van der Waals surface area contributed by atoms with Crippen molar-refractivity contribution in [2.24, 2.45) is 5.92 Å². The Morgan fingerprint density at radius 3 is 2.77 bits per heavy atom. The fourth-order valence-electron chi connectivity index (χ4n) is 4.07. The summed E-state index contributed by atoms with van der Waals surface area (Å²) in [6, 6.07) is 5.23. The molecule has 1 saturated carbocycles. The number of rotatable bonds is 4. The van der Waals surface area contributed by atoms with E-state index in [0.29, 0.717) is 17.8 Å². The van der Waals surface area contributed by atoms with Crippen LogP contribution in [0.2, 0.25) is 0 Å². The summed E-state index contributed by atoms with van der Waals surface area (Å²) in [6.45, 7) is -0.0285. The summed E-state index contributed by atoms with van der Waals surface area (Å²) in [6.07, 6.45) is 4.80. The summed E-state index contributed by atoms with van der Waals surface area (Å²) in [5, 5.41) is 6.61. The second-order valence-corrected chi connectivity index (χ2v) is 7.73. The number of aromatic nitrogens is 4. The maximum absolute atomic E-state index is 14.4. The van der Waals surface area contributed by atoms with E-state index in [9.17, 15) is 18.4 Å². The van der Waals surface area contributed by atoms with Crippen LogP contribution in [0.15, 0.2) is 42.9 Å². The highest BCUT2D eigenvalue weighted by Gasteiger charge is 2.53. The molecule has 1 aliphatic heterocycles. The molecule has 5 rings (SSSR count). The molecule has 31 heavy (non-hydrogen) atoms. The van der Waals surface area contributed by atoms with Crippen molar-refractivity contribution < 1.29 is 18.4 Å². The molecule has 10 heteroatoms. The fourth-order valence-corrected chi connectivity index (χ4v) is 4.07. The van der Waals surface area contributed by atoms with Gasteiger partial charge in [-0.05, 0) is 18.4 Å². The molecule has 2 unspecified atom stereocenters. The highest BCUT2D eigenvalue weighted by molar-refractivity contribution is 6.02. The molecule has 1 aliphatic carbocycles. The molecule has 3 atom stereocenters. The number of nitrogens with one attached hydrogen (secondary N) is 1. The summed E-state index contributed by atoms with van der Waals surface area (Å²) in [5.74, 6) is -2.09. The molecule has 158 valence electrons. The van der Waals surface area contributed by atoms with Gasteiger partial charge < -0.3 is 5.32 Å². The maximum Gasteiger partial charge on any atom is 0.275 e. The largest absolute Gasteiger partial charge is 0.338 e. The van der Waals surface area contributed by atoms with Gasteiger partial charge in [0.2, 0.25) is 0 Å². The van der Waals surface area contributed by atoms with E-state index in [1.54, 1.807) is 31.4 Å². The van der Waals surface area contributed by atoms with Crippen molar-refractivity contribution in [3.63, 3.8) is 0 Å². The quantitative estimate of drug-likeness (QED) is 0.690. The van der Waals surface area contributed by atoms with Gasteiger partial charge in [-0.2, -0.15) is 5.10 Å².